The molecule has 0 atom stereocenters. The lowest BCUT2D eigenvalue weighted by atomic mass is 10.3. The van der Waals surface area contributed by atoms with Crippen LogP contribution in [0.2, 0.25) is 0 Å². The highest BCUT2D eigenvalue weighted by Gasteiger charge is 1.93. The van der Waals surface area contributed by atoms with Crippen molar-refractivity contribution in [1.82, 2.24) is 0 Å². The van der Waals surface area contributed by atoms with E-state index in [0.717, 1.165) is 30.3 Å². The van der Waals surface area contributed by atoms with Crippen molar-refractivity contribution in [2.45, 2.75) is 13.8 Å². The highest BCUT2D eigenvalue weighted by atomic mass is 32.2. The third kappa shape index (κ3) is 4.98. The number of anilines is 1. The van der Waals surface area contributed by atoms with Crippen LogP contribution in [0.5, 0.6) is 5.75 Å². The highest BCUT2D eigenvalue weighted by Crippen LogP contribution is 2.15. The maximum absolute atomic E-state index is 5.37. The zero-order valence-corrected chi connectivity index (χ0v) is 10.3. The van der Waals surface area contributed by atoms with E-state index in [-0.39, 0.29) is 0 Å². The molecule has 84 valence electrons. The van der Waals surface area contributed by atoms with Gasteiger partial charge < -0.3 is 10.1 Å². The highest BCUT2D eigenvalue weighted by molar-refractivity contribution is 7.99. The molecule has 0 saturated carbocycles. The largest absolute Gasteiger partial charge is 0.494 e. The van der Waals surface area contributed by atoms with E-state index < -0.39 is 0 Å². The van der Waals surface area contributed by atoms with Crippen molar-refractivity contribution in [3.63, 3.8) is 0 Å². The molecule has 1 rings (SSSR count). The average Bonchev–Trinajstić information content (AvgIpc) is 2.27. The number of ether oxygens (including phenoxy) is 1. The normalized spacial score (nSPS) is 10.0. The van der Waals surface area contributed by atoms with Crippen LogP contribution >= 0.6 is 11.8 Å². The minimum atomic E-state index is 0.722. The quantitative estimate of drug-likeness (QED) is 0.720. The molecule has 0 aliphatic rings. The zero-order chi connectivity index (χ0) is 10.9. The van der Waals surface area contributed by atoms with Crippen molar-refractivity contribution < 1.29 is 4.74 Å². The van der Waals surface area contributed by atoms with Crippen molar-refractivity contribution in [3.05, 3.63) is 24.3 Å². The number of benzene rings is 1. The van der Waals surface area contributed by atoms with E-state index in [1.165, 1.54) is 5.75 Å². The molecule has 0 bridgehead atoms. The van der Waals surface area contributed by atoms with Gasteiger partial charge in [-0.3, -0.25) is 0 Å². The molecule has 0 radical (unpaired) electrons. The fourth-order valence-electron chi connectivity index (χ4n) is 1.25. The number of hydrogen-bond acceptors (Lipinski definition) is 3. The van der Waals surface area contributed by atoms with Gasteiger partial charge in [0.1, 0.15) is 5.75 Å². The first kappa shape index (κ1) is 12.2. The number of rotatable bonds is 7. The molecule has 2 nitrogen and oxygen atoms in total. The van der Waals surface area contributed by atoms with Gasteiger partial charge >= 0.3 is 0 Å². The van der Waals surface area contributed by atoms with Gasteiger partial charge in [0.2, 0.25) is 0 Å². The molecule has 0 saturated heterocycles. The van der Waals surface area contributed by atoms with Crippen LogP contribution in [0.25, 0.3) is 0 Å². The van der Waals surface area contributed by atoms with E-state index in [9.17, 15) is 0 Å². The topological polar surface area (TPSA) is 21.3 Å². The lowest BCUT2D eigenvalue weighted by Gasteiger charge is -2.07. The molecule has 0 fully saturated rings. The molecule has 0 aromatic heterocycles. The maximum Gasteiger partial charge on any atom is 0.119 e. The fraction of sp³-hybridized carbons (Fsp3) is 0.500. The Labute approximate surface area is 96.4 Å². The van der Waals surface area contributed by atoms with Gasteiger partial charge in [0, 0.05) is 18.0 Å². The summed E-state index contributed by atoms with van der Waals surface area (Å²) in [7, 11) is 0. The van der Waals surface area contributed by atoms with E-state index >= 15 is 0 Å². The Hall–Kier alpha value is -0.830. The predicted octanol–water partition coefficient (Wildman–Crippen LogP) is 3.25. The van der Waals surface area contributed by atoms with Gasteiger partial charge in [0.25, 0.3) is 0 Å². The average molecular weight is 225 g/mol. The first-order valence-corrected chi connectivity index (χ1v) is 6.56. The first-order chi connectivity index (χ1) is 7.36. The molecule has 0 spiro atoms. The Kier molecular flexibility index (Phi) is 6.09. The van der Waals surface area contributed by atoms with Crippen molar-refractivity contribution >= 4 is 17.4 Å². The molecule has 15 heavy (non-hydrogen) atoms. The Morgan fingerprint density at radius 3 is 2.53 bits per heavy atom. The predicted molar refractivity (Wildman–Crippen MR) is 69.1 cm³/mol. The molecule has 1 N–H and O–H groups in total. The third-order valence-corrected chi connectivity index (χ3v) is 2.85. The van der Waals surface area contributed by atoms with Crippen LogP contribution < -0.4 is 10.1 Å². The lowest BCUT2D eigenvalue weighted by Crippen LogP contribution is -2.04. The van der Waals surface area contributed by atoms with Crippen LogP contribution in [-0.4, -0.2) is 24.7 Å². The molecule has 3 heteroatoms. The number of nitrogens with one attached hydrogen (secondary N) is 1. The van der Waals surface area contributed by atoms with Gasteiger partial charge in [-0.2, -0.15) is 11.8 Å². The molecular weight excluding hydrogens is 206 g/mol. The van der Waals surface area contributed by atoms with Crippen LogP contribution in [0.15, 0.2) is 24.3 Å². The van der Waals surface area contributed by atoms with E-state index in [4.69, 9.17) is 4.74 Å². The first-order valence-electron chi connectivity index (χ1n) is 5.41. The van der Waals surface area contributed by atoms with E-state index in [1.54, 1.807) is 0 Å². The number of thioether (sulfide) groups is 1. The van der Waals surface area contributed by atoms with Crippen molar-refractivity contribution in [3.8, 4) is 5.75 Å². The Balaban J connectivity index is 2.29. The van der Waals surface area contributed by atoms with Gasteiger partial charge in [-0.15, -0.1) is 0 Å². The molecule has 0 aliphatic heterocycles. The summed E-state index contributed by atoms with van der Waals surface area (Å²) < 4.78 is 5.37. The Morgan fingerprint density at radius 1 is 1.20 bits per heavy atom. The molecule has 0 unspecified atom stereocenters. The summed E-state index contributed by atoms with van der Waals surface area (Å²) >= 11 is 1.95. The van der Waals surface area contributed by atoms with Crippen LogP contribution in [0, 0.1) is 0 Å². The standard InChI is InChI=1S/C12H19NOS/c1-3-14-12-7-5-11(6-8-12)13-9-10-15-4-2/h5-8,13H,3-4,9-10H2,1-2H3. The Morgan fingerprint density at radius 2 is 1.93 bits per heavy atom. The minimum Gasteiger partial charge on any atom is -0.494 e. The summed E-state index contributed by atoms with van der Waals surface area (Å²) in [6, 6.07) is 8.11. The summed E-state index contributed by atoms with van der Waals surface area (Å²) in [5.74, 6) is 3.28. The molecule has 0 amide bonds. The third-order valence-electron chi connectivity index (χ3n) is 1.94. The number of hydrogen-bond donors (Lipinski definition) is 1. The van der Waals surface area contributed by atoms with Gasteiger partial charge in [-0.1, -0.05) is 6.92 Å². The van der Waals surface area contributed by atoms with Crippen LogP contribution in [-0.2, 0) is 0 Å². The molecule has 1 aromatic carbocycles. The molecule has 1 aromatic rings. The van der Waals surface area contributed by atoms with Crippen LogP contribution in [0.4, 0.5) is 5.69 Å². The van der Waals surface area contributed by atoms with Crippen molar-refractivity contribution in [2.24, 2.45) is 0 Å². The monoisotopic (exact) mass is 225 g/mol. The molecule has 0 heterocycles. The van der Waals surface area contributed by atoms with Gasteiger partial charge in [0.05, 0.1) is 6.61 Å². The molecule has 0 aliphatic carbocycles. The van der Waals surface area contributed by atoms with Crippen LogP contribution in [0.1, 0.15) is 13.8 Å². The van der Waals surface area contributed by atoms with E-state index in [2.05, 4.69) is 24.4 Å². The second kappa shape index (κ2) is 7.46. The lowest BCUT2D eigenvalue weighted by molar-refractivity contribution is 0.340. The maximum atomic E-state index is 5.37. The Bertz CT molecular complexity index is 261. The zero-order valence-electron chi connectivity index (χ0n) is 9.45. The summed E-state index contributed by atoms with van der Waals surface area (Å²) in [6.07, 6.45) is 0. The summed E-state index contributed by atoms with van der Waals surface area (Å²) in [5, 5.41) is 3.37. The second-order valence-corrected chi connectivity index (χ2v) is 4.47. The fourth-order valence-corrected chi connectivity index (χ4v) is 1.78. The SMILES string of the molecule is CCOc1ccc(NCCSCC)cc1. The van der Waals surface area contributed by atoms with Gasteiger partial charge in [0.15, 0.2) is 0 Å². The summed E-state index contributed by atoms with van der Waals surface area (Å²) in [6.45, 7) is 5.92. The molecular formula is C12H19NOS. The summed E-state index contributed by atoms with van der Waals surface area (Å²) in [5.41, 5.74) is 1.16. The smallest absolute Gasteiger partial charge is 0.119 e. The van der Waals surface area contributed by atoms with E-state index in [1.807, 2.05) is 30.8 Å². The van der Waals surface area contributed by atoms with Crippen molar-refractivity contribution in [2.75, 3.05) is 30.0 Å². The van der Waals surface area contributed by atoms with E-state index in [0.29, 0.717) is 0 Å². The second-order valence-electron chi connectivity index (χ2n) is 3.08. The van der Waals surface area contributed by atoms with Crippen molar-refractivity contribution in [1.29, 1.82) is 0 Å². The minimum absolute atomic E-state index is 0.722. The van der Waals surface area contributed by atoms with Crippen LogP contribution in [0.3, 0.4) is 0 Å². The van der Waals surface area contributed by atoms with Gasteiger partial charge in [-0.25, -0.2) is 0 Å². The van der Waals surface area contributed by atoms with Gasteiger partial charge in [-0.05, 0) is 36.9 Å². The summed E-state index contributed by atoms with van der Waals surface area (Å²) in [4.78, 5) is 0.